The van der Waals surface area contributed by atoms with Gasteiger partial charge in [-0.1, -0.05) is 6.07 Å². The summed E-state index contributed by atoms with van der Waals surface area (Å²) >= 11 is 0. The van der Waals surface area contributed by atoms with Crippen LogP contribution in [-0.2, 0) is 26.0 Å². The first-order chi connectivity index (χ1) is 20.0. The quantitative estimate of drug-likeness (QED) is 0.401. The first-order valence-electron chi connectivity index (χ1n) is 12.1. The number of pyridine rings is 2. The molecule has 10 nitrogen and oxygen atoms in total. The number of carboxylic acid groups (broad SMARTS) is 2. The molecule has 1 fully saturated rings. The van der Waals surface area contributed by atoms with Gasteiger partial charge in [0, 0.05) is 49.7 Å². The molecule has 2 aromatic heterocycles. The molecule has 0 aliphatic carbocycles. The number of alkyl halides is 6. The van der Waals surface area contributed by atoms with Crippen LogP contribution >= 0.6 is 0 Å². The number of methoxy groups -OCH3 is 1. The van der Waals surface area contributed by atoms with Crippen molar-refractivity contribution in [1.82, 2.24) is 14.9 Å². The van der Waals surface area contributed by atoms with Crippen LogP contribution in [0.3, 0.4) is 0 Å². The van der Waals surface area contributed by atoms with Gasteiger partial charge in [0.05, 0.1) is 17.3 Å². The number of rotatable bonds is 4. The van der Waals surface area contributed by atoms with Crippen molar-refractivity contribution in [1.29, 1.82) is 0 Å². The largest absolute Gasteiger partial charge is 0.490 e. The van der Waals surface area contributed by atoms with E-state index in [4.69, 9.17) is 24.5 Å². The van der Waals surface area contributed by atoms with Crippen LogP contribution in [0, 0.1) is 0 Å². The molecule has 0 spiro atoms. The summed E-state index contributed by atoms with van der Waals surface area (Å²) in [5.41, 5.74) is 3.85. The highest BCUT2D eigenvalue weighted by Crippen LogP contribution is 2.46. The smallest absolute Gasteiger partial charge is 0.481 e. The number of sulfone groups is 1. The van der Waals surface area contributed by atoms with E-state index in [2.05, 4.69) is 14.9 Å². The number of likely N-dealkylation sites (tertiary alicyclic amines) is 1. The number of carbonyl (C=O) groups is 2. The summed E-state index contributed by atoms with van der Waals surface area (Å²) in [7, 11) is -1.73. The van der Waals surface area contributed by atoms with Crippen LogP contribution in [0.15, 0.2) is 66.0 Å². The van der Waals surface area contributed by atoms with E-state index >= 15 is 0 Å². The molecule has 2 unspecified atom stereocenters. The molecule has 5 rings (SSSR count). The third kappa shape index (κ3) is 7.98. The molecule has 1 aromatic carbocycles. The van der Waals surface area contributed by atoms with Crippen LogP contribution in [0.2, 0.25) is 0 Å². The lowest BCUT2D eigenvalue weighted by molar-refractivity contribution is -0.193. The molecule has 2 aliphatic rings. The van der Waals surface area contributed by atoms with E-state index < -0.39 is 34.1 Å². The minimum absolute atomic E-state index is 0.0144. The Labute approximate surface area is 240 Å². The van der Waals surface area contributed by atoms with E-state index in [9.17, 15) is 34.8 Å². The minimum atomic E-state index is -5.08. The van der Waals surface area contributed by atoms with Gasteiger partial charge in [-0.25, -0.2) is 23.0 Å². The summed E-state index contributed by atoms with van der Waals surface area (Å²) in [6, 6.07) is 13.4. The molecule has 43 heavy (non-hydrogen) atoms. The fourth-order valence-corrected chi connectivity index (χ4v) is 6.74. The maximum Gasteiger partial charge on any atom is 0.490 e. The topological polar surface area (TPSA) is 147 Å². The van der Waals surface area contributed by atoms with Crippen molar-refractivity contribution in [2.75, 3.05) is 20.2 Å². The second-order valence-corrected chi connectivity index (χ2v) is 11.3. The lowest BCUT2D eigenvalue weighted by atomic mass is 9.95. The zero-order valence-corrected chi connectivity index (χ0v) is 22.8. The summed E-state index contributed by atoms with van der Waals surface area (Å²) in [5, 5.41) is 13.9. The molecule has 0 amide bonds. The van der Waals surface area contributed by atoms with Gasteiger partial charge in [0.25, 0.3) is 0 Å². The predicted molar refractivity (Wildman–Crippen MR) is 137 cm³/mol. The summed E-state index contributed by atoms with van der Waals surface area (Å²) in [4.78, 5) is 28.8. The van der Waals surface area contributed by atoms with Crippen molar-refractivity contribution >= 4 is 21.8 Å². The Kier molecular flexibility index (Phi) is 10.0. The molecule has 1 saturated heterocycles. The maximum absolute atomic E-state index is 13.2. The number of fused-ring (bicyclic) bond motifs is 3. The van der Waals surface area contributed by atoms with Crippen molar-refractivity contribution in [3.8, 4) is 17.0 Å². The zero-order valence-electron chi connectivity index (χ0n) is 22.0. The van der Waals surface area contributed by atoms with Gasteiger partial charge >= 0.3 is 24.3 Å². The average Bonchev–Trinajstić information content (AvgIpc) is 3.45. The fraction of sp³-hybridized carbons (Fsp3) is 0.308. The summed E-state index contributed by atoms with van der Waals surface area (Å²) in [6.07, 6.45) is -4.94. The molecule has 0 bridgehead atoms. The standard InChI is InChI=1S/C22H21N3O3S.2C2HF3O2/c1-28-22-17(3-2-8-24-22)16-4-5-20-18(11-16)19-13-25(14-21(19)29(20,26)27)12-15-6-9-23-10-7-15;2*3-2(4,5)1(6)7/h2-11,19,21H,12-14H2,1H3;2*(H,6,7). The Balaban J connectivity index is 0.000000303. The van der Waals surface area contributed by atoms with Crippen molar-refractivity contribution in [2.24, 2.45) is 0 Å². The summed E-state index contributed by atoms with van der Waals surface area (Å²) in [5.74, 6) is -4.99. The number of benzene rings is 1. The van der Waals surface area contributed by atoms with Crippen LogP contribution in [-0.4, -0.2) is 83.2 Å². The van der Waals surface area contributed by atoms with Crippen LogP contribution in [0.25, 0.3) is 11.1 Å². The van der Waals surface area contributed by atoms with E-state index in [1.165, 1.54) is 0 Å². The van der Waals surface area contributed by atoms with E-state index in [0.29, 0.717) is 17.3 Å². The van der Waals surface area contributed by atoms with Gasteiger partial charge in [-0.15, -0.1) is 0 Å². The molecule has 4 heterocycles. The fourth-order valence-electron chi connectivity index (χ4n) is 4.54. The molecule has 0 saturated carbocycles. The summed E-state index contributed by atoms with van der Waals surface area (Å²) in [6.45, 7) is 2.01. The predicted octanol–water partition coefficient (Wildman–Crippen LogP) is 4.17. The van der Waals surface area contributed by atoms with Gasteiger partial charge in [0.2, 0.25) is 5.88 Å². The number of aliphatic carboxylic acids is 2. The van der Waals surface area contributed by atoms with Gasteiger partial charge < -0.3 is 14.9 Å². The van der Waals surface area contributed by atoms with Gasteiger partial charge in [0.1, 0.15) is 0 Å². The molecule has 2 N–H and O–H groups in total. The van der Waals surface area contributed by atoms with Crippen molar-refractivity contribution < 1.29 is 59.3 Å². The molecule has 3 aromatic rings. The molecule has 2 atom stereocenters. The van der Waals surface area contributed by atoms with Crippen molar-refractivity contribution in [3.63, 3.8) is 0 Å². The second-order valence-electron chi connectivity index (χ2n) is 9.16. The normalized spacial score (nSPS) is 18.7. The zero-order chi connectivity index (χ0) is 32.2. The van der Waals surface area contributed by atoms with Gasteiger partial charge in [0.15, 0.2) is 9.84 Å². The number of carboxylic acids is 2. The third-order valence-corrected chi connectivity index (χ3v) is 8.63. The van der Waals surface area contributed by atoms with Crippen LogP contribution in [0.5, 0.6) is 5.88 Å². The Morgan fingerprint density at radius 3 is 2.07 bits per heavy atom. The first-order valence-corrected chi connectivity index (χ1v) is 13.6. The second kappa shape index (κ2) is 12.9. The lowest BCUT2D eigenvalue weighted by Crippen LogP contribution is -2.25. The number of aromatic nitrogens is 2. The third-order valence-electron chi connectivity index (χ3n) is 6.37. The number of nitrogens with zero attached hydrogens (tertiary/aromatic N) is 3. The maximum atomic E-state index is 13.2. The Morgan fingerprint density at radius 1 is 0.953 bits per heavy atom. The summed E-state index contributed by atoms with van der Waals surface area (Å²) < 4.78 is 95.2. The SMILES string of the molecule is COc1ncccc1-c1ccc2c(c1)C1CN(Cc3ccncc3)CC1S2(=O)=O.O=C(O)C(F)(F)F.O=C(O)C(F)(F)F. The highest BCUT2D eigenvalue weighted by atomic mass is 32.2. The van der Waals surface area contributed by atoms with Crippen LogP contribution < -0.4 is 4.74 Å². The lowest BCUT2D eigenvalue weighted by Gasteiger charge is -2.17. The van der Waals surface area contributed by atoms with Crippen molar-refractivity contribution in [3.05, 3.63) is 72.2 Å². The Morgan fingerprint density at radius 2 is 1.53 bits per heavy atom. The number of hydrogen-bond acceptors (Lipinski definition) is 8. The minimum Gasteiger partial charge on any atom is -0.481 e. The Hall–Kier alpha value is -4.25. The van der Waals surface area contributed by atoms with Gasteiger partial charge in [-0.2, -0.15) is 26.3 Å². The molecular weight excluding hydrogens is 612 g/mol. The van der Waals surface area contributed by atoms with E-state index in [0.717, 1.165) is 35.3 Å². The average molecular weight is 636 g/mol. The van der Waals surface area contributed by atoms with Crippen molar-refractivity contribution in [2.45, 2.75) is 35.0 Å². The number of halogens is 6. The monoisotopic (exact) mass is 635 g/mol. The number of ether oxygens (including phenoxy) is 1. The molecule has 2 aliphatic heterocycles. The van der Waals surface area contributed by atoms with E-state index in [1.54, 1.807) is 31.8 Å². The van der Waals surface area contributed by atoms with Crippen LogP contribution in [0.4, 0.5) is 26.3 Å². The van der Waals surface area contributed by atoms with Gasteiger partial charge in [-0.3, -0.25) is 9.88 Å². The number of hydrogen-bond donors (Lipinski definition) is 2. The van der Waals surface area contributed by atoms with E-state index in [-0.39, 0.29) is 11.2 Å². The molecule has 232 valence electrons. The Bertz CT molecular complexity index is 1540. The highest BCUT2D eigenvalue weighted by Gasteiger charge is 2.50. The molecule has 0 radical (unpaired) electrons. The van der Waals surface area contributed by atoms with Gasteiger partial charge in [-0.05, 0) is 53.1 Å². The highest BCUT2D eigenvalue weighted by molar-refractivity contribution is 7.92. The van der Waals surface area contributed by atoms with E-state index in [1.807, 2.05) is 36.4 Å². The first kappa shape index (κ1) is 33.3. The molecule has 17 heteroatoms. The molecular formula is C26H23F6N3O7S. The van der Waals surface area contributed by atoms with Crippen LogP contribution in [0.1, 0.15) is 17.0 Å².